The summed E-state index contributed by atoms with van der Waals surface area (Å²) >= 11 is 0. The number of aliphatic hydroxyl groups is 1. The summed E-state index contributed by atoms with van der Waals surface area (Å²) in [6.07, 6.45) is -1.51. The van der Waals surface area contributed by atoms with E-state index in [2.05, 4.69) is 36.1 Å². The molecule has 3 aromatic carbocycles. The minimum Gasteiger partial charge on any atom is -0.382 e. The summed E-state index contributed by atoms with van der Waals surface area (Å²) in [5.41, 5.74) is 15.4. The third kappa shape index (κ3) is 5.02. The number of amides is 2. The fourth-order valence-electron chi connectivity index (χ4n) is 4.18. The number of nitrogens with two attached hydrogens (primary N) is 2. The summed E-state index contributed by atoms with van der Waals surface area (Å²) in [4.78, 5) is 32.7. The van der Waals surface area contributed by atoms with Crippen LogP contribution in [0.2, 0.25) is 0 Å². The molecule has 2 atom stereocenters. The van der Waals surface area contributed by atoms with Gasteiger partial charge in [0.2, 0.25) is 5.91 Å². The van der Waals surface area contributed by atoms with Crippen LogP contribution >= 0.6 is 0 Å². The Kier molecular flexibility index (Phi) is 6.32. The molecule has 8 nitrogen and oxygen atoms in total. The zero-order chi connectivity index (χ0) is 25.3. The first-order chi connectivity index (χ1) is 16.5. The van der Waals surface area contributed by atoms with Gasteiger partial charge in [0, 0.05) is 17.2 Å². The van der Waals surface area contributed by atoms with E-state index in [9.17, 15) is 14.7 Å². The molecule has 180 valence electrons. The fraction of sp³-hybridized carbons (Fsp3) is 0.222. The van der Waals surface area contributed by atoms with Crippen LogP contribution in [-0.4, -0.2) is 33.0 Å². The van der Waals surface area contributed by atoms with Gasteiger partial charge in [-0.2, -0.15) is 0 Å². The SMILES string of the molecule is CC(C)(C)c1ccc(C(N)=O)c([C@H](c2ccccc2)[C@@H](O)C(=O)Nc2ccc3nc(N)[nH]c3c2)c1. The molecular formula is C27H29N5O3. The van der Waals surface area contributed by atoms with Gasteiger partial charge in [-0.3, -0.25) is 9.59 Å². The van der Waals surface area contributed by atoms with Crippen LogP contribution < -0.4 is 16.8 Å². The second-order valence-corrected chi connectivity index (χ2v) is 9.59. The highest BCUT2D eigenvalue weighted by Gasteiger charge is 2.33. The van der Waals surface area contributed by atoms with Crippen molar-refractivity contribution in [3.05, 3.63) is 89.0 Å². The van der Waals surface area contributed by atoms with Gasteiger partial charge in [-0.25, -0.2) is 4.98 Å². The van der Waals surface area contributed by atoms with Gasteiger partial charge in [0.15, 0.2) is 5.95 Å². The number of carbonyl (C=O) groups excluding carboxylic acids is 2. The molecule has 4 aromatic rings. The molecule has 0 aliphatic heterocycles. The largest absolute Gasteiger partial charge is 0.382 e. The summed E-state index contributed by atoms with van der Waals surface area (Å²) in [5.74, 6) is -1.81. The predicted octanol–water partition coefficient (Wildman–Crippen LogP) is 3.67. The maximum atomic E-state index is 13.3. The van der Waals surface area contributed by atoms with E-state index in [1.54, 1.807) is 24.3 Å². The lowest BCUT2D eigenvalue weighted by molar-refractivity contribution is -0.124. The first-order valence-corrected chi connectivity index (χ1v) is 11.3. The van der Waals surface area contributed by atoms with Gasteiger partial charge < -0.3 is 26.9 Å². The molecule has 1 aromatic heterocycles. The maximum Gasteiger partial charge on any atom is 0.254 e. The number of carbonyl (C=O) groups is 2. The molecule has 8 heteroatoms. The summed E-state index contributed by atoms with van der Waals surface area (Å²) < 4.78 is 0. The van der Waals surface area contributed by atoms with Crippen molar-refractivity contribution in [1.82, 2.24) is 9.97 Å². The zero-order valence-corrected chi connectivity index (χ0v) is 19.9. The van der Waals surface area contributed by atoms with Crippen molar-refractivity contribution in [3.63, 3.8) is 0 Å². The number of anilines is 2. The molecule has 0 bridgehead atoms. The number of hydrogen-bond acceptors (Lipinski definition) is 5. The van der Waals surface area contributed by atoms with Gasteiger partial charge in [-0.05, 0) is 46.4 Å². The second-order valence-electron chi connectivity index (χ2n) is 9.59. The van der Waals surface area contributed by atoms with Gasteiger partial charge >= 0.3 is 0 Å². The Bertz CT molecular complexity index is 1390. The topological polar surface area (TPSA) is 147 Å². The van der Waals surface area contributed by atoms with E-state index in [0.717, 1.165) is 5.56 Å². The molecule has 0 aliphatic carbocycles. The monoisotopic (exact) mass is 471 g/mol. The van der Waals surface area contributed by atoms with Crippen molar-refractivity contribution >= 4 is 34.5 Å². The number of fused-ring (bicyclic) bond motifs is 1. The summed E-state index contributed by atoms with van der Waals surface area (Å²) in [5, 5.41) is 14.1. The number of benzene rings is 3. The highest BCUT2D eigenvalue weighted by molar-refractivity contribution is 5.98. The molecule has 7 N–H and O–H groups in total. The first kappa shape index (κ1) is 24.0. The van der Waals surface area contributed by atoms with E-state index in [4.69, 9.17) is 11.5 Å². The lowest BCUT2D eigenvalue weighted by atomic mass is 9.79. The Hall–Kier alpha value is -4.17. The summed E-state index contributed by atoms with van der Waals surface area (Å²) in [6.45, 7) is 6.15. The standard InChI is InChI=1S/C27H29N5O3/c1-27(2,3)16-9-11-18(24(28)34)19(13-16)22(15-7-5-4-6-8-15)23(33)25(35)30-17-10-12-20-21(14-17)32-26(29)31-20/h4-14,22-23,33H,1-3H3,(H2,28,34)(H,30,35)(H3,29,31,32)/t22-,23+/m0/s1. The van der Waals surface area contributed by atoms with Crippen LogP contribution in [0.1, 0.15) is 53.7 Å². The minimum atomic E-state index is -1.51. The molecule has 1 heterocycles. The van der Waals surface area contributed by atoms with Gasteiger partial charge in [-0.1, -0.05) is 63.2 Å². The molecule has 0 radical (unpaired) electrons. The predicted molar refractivity (Wildman–Crippen MR) is 137 cm³/mol. The van der Waals surface area contributed by atoms with Crippen molar-refractivity contribution in [1.29, 1.82) is 0 Å². The van der Waals surface area contributed by atoms with Gasteiger partial charge in [-0.15, -0.1) is 0 Å². The summed E-state index contributed by atoms with van der Waals surface area (Å²) in [6, 6.07) is 19.6. The second kappa shape index (κ2) is 9.23. The highest BCUT2D eigenvalue weighted by atomic mass is 16.3. The van der Waals surface area contributed by atoms with Crippen LogP contribution in [0.4, 0.5) is 11.6 Å². The number of primary amides is 1. The quantitative estimate of drug-likeness (QED) is 0.291. The average Bonchev–Trinajstić information content (AvgIpc) is 3.18. The number of imidazole rings is 1. The zero-order valence-electron chi connectivity index (χ0n) is 19.9. The fourth-order valence-corrected chi connectivity index (χ4v) is 4.18. The Balaban J connectivity index is 1.76. The van der Waals surface area contributed by atoms with Crippen LogP contribution in [0, 0.1) is 0 Å². The van der Waals surface area contributed by atoms with E-state index < -0.39 is 23.8 Å². The molecule has 0 saturated heterocycles. The lowest BCUT2D eigenvalue weighted by Gasteiger charge is -2.27. The Morgan fingerprint density at radius 2 is 1.74 bits per heavy atom. The minimum absolute atomic E-state index is 0.222. The van der Waals surface area contributed by atoms with Crippen molar-refractivity contribution < 1.29 is 14.7 Å². The molecule has 0 unspecified atom stereocenters. The number of nitrogens with one attached hydrogen (secondary N) is 2. The number of aromatic amines is 1. The molecule has 4 rings (SSSR count). The van der Waals surface area contributed by atoms with Crippen molar-refractivity contribution in [2.24, 2.45) is 5.73 Å². The Morgan fingerprint density at radius 1 is 1.03 bits per heavy atom. The summed E-state index contributed by atoms with van der Waals surface area (Å²) in [7, 11) is 0. The van der Waals surface area contributed by atoms with Gasteiger partial charge in [0.1, 0.15) is 6.10 Å². The molecule has 0 saturated carbocycles. The number of H-pyrrole nitrogens is 1. The van der Waals surface area contributed by atoms with Gasteiger partial charge in [0.25, 0.3) is 5.91 Å². The van der Waals surface area contributed by atoms with Crippen LogP contribution in [0.25, 0.3) is 11.0 Å². The van der Waals surface area contributed by atoms with Crippen molar-refractivity contribution in [2.45, 2.75) is 38.2 Å². The normalized spacial score (nSPS) is 13.4. The smallest absolute Gasteiger partial charge is 0.254 e. The number of nitrogen functional groups attached to an aromatic ring is 1. The van der Waals surface area contributed by atoms with E-state index in [-0.39, 0.29) is 16.9 Å². The number of aromatic nitrogens is 2. The van der Waals surface area contributed by atoms with E-state index in [0.29, 0.717) is 27.8 Å². The molecule has 0 aliphatic rings. The third-order valence-electron chi connectivity index (χ3n) is 6.03. The molecule has 0 fully saturated rings. The maximum absolute atomic E-state index is 13.3. The number of hydrogen-bond donors (Lipinski definition) is 5. The Labute approximate surface area is 203 Å². The van der Waals surface area contributed by atoms with Crippen LogP contribution in [0.3, 0.4) is 0 Å². The molecule has 2 amide bonds. The lowest BCUT2D eigenvalue weighted by Crippen LogP contribution is -2.35. The van der Waals surface area contributed by atoms with Gasteiger partial charge in [0.05, 0.1) is 11.0 Å². The van der Waals surface area contributed by atoms with Crippen LogP contribution in [0.15, 0.2) is 66.7 Å². The van der Waals surface area contributed by atoms with Crippen molar-refractivity contribution in [3.8, 4) is 0 Å². The average molecular weight is 472 g/mol. The highest BCUT2D eigenvalue weighted by Crippen LogP contribution is 2.35. The Morgan fingerprint density at radius 3 is 2.40 bits per heavy atom. The van der Waals surface area contributed by atoms with Crippen LogP contribution in [-0.2, 0) is 10.2 Å². The molecule has 35 heavy (non-hydrogen) atoms. The van der Waals surface area contributed by atoms with E-state index >= 15 is 0 Å². The first-order valence-electron chi connectivity index (χ1n) is 11.3. The van der Waals surface area contributed by atoms with Crippen LogP contribution in [0.5, 0.6) is 0 Å². The number of aliphatic hydroxyl groups excluding tert-OH is 1. The van der Waals surface area contributed by atoms with E-state index in [1.807, 2.05) is 42.5 Å². The number of nitrogens with zero attached hydrogens (tertiary/aromatic N) is 1. The van der Waals surface area contributed by atoms with E-state index in [1.165, 1.54) is 0 Å². The molecular weight excluding hydrogens is 442 g/mol. The number of rotatable bonds is 6. The van der Waals surface area contributed by atoms with Crippen molar-refractivity contribution in [2.75, 3.05) is 11.1 Å². The third-order valence-corrected chi connectivity index (χ3v) is 6.03. The molecule has 0 spiro atoms.